The molecule has 0 amide bonds. The summed E-state index contributed by atoms with van der Waals surface area (Å²) in [4.78, 5) is 0. The number of hydrogen-bond donors (Lipinski definition) is 2. The average Bonchev–Trinajstić information content (AvgIpc) is 3.10. The molecule has 4 heteroatoms. The van der Waals surface area contributed by atoms with Crippen LogP contribution in [0.4, 0.5) is 5.69 Å². The third-order valence-electron chi connectivity index (χ3n) is 4.28. The monoisotopic (exact) mass is 283 g/mol. The Morgan fingerprint density at radius 1 is 1.24 bits per heavy atom. The second kappa shape index (κ2) is 4.76. The normalized spacial score (nSPS) is 28.1. The second-order valence-electron chi connectivity index (χ2n) is 5.66. The Labute approximate surface area is 122 Å². The zero-order valence-corrected chi connectivity index (χ0v) is 11.5. The van der Waals surface area contributed by atoms with Gasteiger partial charge in [-0.05, 0) is 36.1 Å². The summed E-state index contributed by atoms with van der Waals surface area (Å²) < 4.78 is 11.4. The maximum absolute atomic E-state index is 10.3. The molecule has 4 rings (SSSR count). The van der Waals surface area contributed by atoms with E-state index in [1.165, 1.54) is 0 Å². The Balaban J connectivity index is 1.55. The van der Waals surface area contributed by atoms with E-state index in [0.29, 0.717) is 5.75 Å². The number of fused-ring (bicyclic) bond motifs is 3. The molecule has 0 spiro atoms. The molecule has 4 nitrogen and oxygen atoms in total. The second-order valence-corrected chi connectivity index (χ2v) is 5.66. The number of nitrogens with two attached hydrogens (primary N) is 1. The molecular formula is C17H17NO3. The number of aliphatic hydroxyl groups is 1. The Bertz CT molecular complexity index is 712. The fraction of sp³-hybridized carbons (Fsp3) is 0.294. The summed E-state index contributed by atoms with van der Waals surface area (Å²) in [6.45, 7) is 0. The third kappa shape index (κ3) is 2.17. The molecule has 3 N–H and O–H groups in total. The maximum Gasteiger partial charge on any atom is 0.203 e. The summed E-state index contributed by atoms with van der Waals surface area (Å²) in [6.07, 6.45) is 4.11. The molecule has 2 aliphatic heterocycles. The largest absolute Gasteiger partial charge is 0.465 e. The molecule has 108 valence electrons. The van der Waals surface area contributed by atoms with Crippen molar-refractivity contribution in [1.82, 2.24) is 0 Å². The SMILES string of the molecule is Nc1cccc2cc(OC(O)C3CC4C=CC3O4)ccc12. The van der Waals surface area contributed by atoms with Crippen molar-refractivity contribution >= 4 is 16.5 Å². The van der Waals surface area contributed by atoms with E-state index in [0.717, 1.165) is 22.9 Å². The molecule has 2 aromatic carbocycles. The predicted molar refractivity (Wildman–Crippen MR) is 80.9 cm³/mol. The van der Waals surface area contributed by atoms with E-state index < -0.39 is 6.29 Å². The summed E-state index contributed by atoms with van der Waals surface area (Å²) in [5, 5.41) is 12.3. The van der Waals surface area contributed by atoms with Gasteiger partial charge in [-0.2, -0.15) is 0 Å². The Morgan fingerprint density at radius 2 is 2.14 bits per heavy atom. The summed E-state index contributed by atoms with van der Waals surface area (Å²) in [6, 6.07) is 11.4. The van der Waals surface area contributed by atoms with Gasteiger partial charge in [0.25, 0.3) is 0 Å². The van der Waals surface area contributed by atoms with E-state index in [2.05, 4.69) is 0 Å². The van der Waals surface area contributed by atoms with Crippen molar-refractivity contribution < 1.29 is 14.6 Å². The lowest BCUT2D eigenvalue weighted by Crippen LogP contribution is -2.32. The molecule has 21 heavy (non-hydrogen) atoms. The molecule has 2 bridgehead atoms. The van der Waals surface area contributed by atoms with Gasteiger partial charge < -0.3 is 20.3 Å². The van der Waals surface area contributed by atoms with Gasteiger partial charge in [0.15, 0.2) is 0 Å². The fourth-order valence-electron chi connectivity index (χ4n) is 3.17. The number of aliphatic hydroxyl groups excluding tert-OH is 1. The van der Waals surface area contributed by atoms with E-state index in [-0.39, 0.29) is 18.1 Å². The number of rotatable bonds is 3. The van der Waals surface area contributed by atoms with Crippen LogP contribution in [0.3, 0.4) is 0 Å². The highest BCUT2D eigenvalue weighted by molar-refractivity contribution is 5.93. The molecule has 2 heterocycles. The van der Waals surface area contributed by atoms with Crippen molar-refractivity contribution in [3.8, 4) is 5.75 Å². The lowest BCUT2D eigenvalue weighted by Gasteiger charge is -2.23. The first kappa shape index (κ1) is 12.7. The minimum Gasteiger partial charge on any atom is -0.465 e. The first-order valence-corrected chi connectivity index (χ1v) is 7.17. The topological polar surface area (TPSA) is 64.7 Å². The highest BCUT2D eigenvalue weighted by Gasteiger charge is 2.41. The molecule has 1 fully saturated rings. The molecule has 2 aliphatic rings. The average molecular weight is 283 g/mol. The molecule has 2 aromatic rings. The number of hydrogen-bond acceptors (Lipinski definition) is 4. The Morgan fingerprint density at radius 3 is 2.90 bits per heavy atom. The highest BCUT2D eigenvalue weighted by atomic mass is 16.6. The molecule has 0 saturated carbocycles. The van der Waals surface area contributed by atoms with Gasteiger partial charge in [0.05, 0.1) is 18.1 Å². The lowest BCUT2D eigenvalue weighted by molar-refractivity contribution is -0.0736. The van der Waals surface area contributed by atoms with Crippen LogP contribution in [0.15, 0.2) is 48.6 Å². The van der Waals surface area contributed by atoms with Gasteiger partial charge in [-0.3, -0.25) is 0 Å². The van der Waals surface area contributed by atoms with Crippen molar-refractivity contribution in [2.75, 3.05) is 5.73 Å². The summed E-state index contributed by atoms with van der Waals surface area (Å²) in [7, 11) is 0. The predicted octanol–water partition coefficient (Wildman–Crippen LogP) is 2.46. The van der Waals surface area contributed by atoms with Crippen LogP contribution in [0.2, 0.25) is 0 Å². The van der Waals surface area contributed by atoms with Gasteiger partial charge in [-0.1, -0.05) is 24.3 Å². The minimum absolute atomic E-state index is 0.00320. The van der Waals surface area contributed by atoms with Gasteiger partial charge >= 0.3 is 0 Å². The fourth-order valence-corrected chi connectivity index (χ4v) is 3.17. The van der Waals surface area contributed by atoms with E-state index in [4.69, 9.17) is 15.2 Å². The van der Waals surface area contributed by atoms with E-state index in [1.807, 2.05) is 48.6 Å². The van der Waals surface area contributed by atoms with Crippen LogP contribution in [0.25, 0.3) is 10.8 Å². The Hall–Kier alpha value is -2.04. The van der Waals surface area contributed by atoms with Crippen molar-refractivity contribution in [1.29, 1.82) is 0 Å². The zero-order chi connectivity index (χ0) is 14.4. The molecule has 0 aliphatic carbocycles. The first-order valence-electron chi connectivity index (χ1n) is 7.17. The van der Waals surface area contributed by atoms with Crippen molar-refractivity contribution in [2.24, 2.45) is 5.92 Å². The maximum atomic E-state index is 10.3. The van der Waals surface area contributed by atoms with E-state index >= 15 is 0 Å². The van der Waals surface area contributed by atoms with Gasteiger partial charge in [0, 0.05) is 11.1 Å². The number of benzene rings is 2. The van der Waals surface area contributed by atoms with Crippen molar-refractivity contribution in [2.45, 2.75) is 24.9 Å². The molecule has 4 atom stereocenters. The standard InChI is InChI=1S/C17H17NO3/c18-15-3-1-2-10-8-11(4-6-13(10)15)21-17(19)14-9-12-5-7-16(14)20-12/h1-8,12,14,16-17,19H,9,18H2. The molecule has 1 saturated heterocycles. The smallest absolute Gasteiger partial charge is 0.203 e. The first-order chi connectivity index (χ1) is 10.2. The number of nitrogen functional groups attached to an aromatic ring is 1. The van der Waals surface area contributed by atoms with E-state index in [9.17, 15) is 5.11 Å². The van der Waals surface area contributed by atoms with Crippen LogP contribution in [-0.2, 0) is 4.74 Å². The van der Waals surface area contributed by atoms with Crippen LogP contribution >= 0.6 is 0 Å². The molecule has 4 unspecified atom stereocenters. The summed E-state index contributed by atoms with van der Waals surface area (Å²) >= 11 is 0. The van der Waals surface area contributed by atoms with Gasteiger partial charge in [-0.25, -0.2) is 0 Å². The van der Waals surface area contributed by atoms with Crippen LogP contribution in [-0.4, -0.2) is 23.6 Å². The highest BCUT2D eigenvalue weighted by Crippen LogP contribution is 2.36. The van der Waals surface area contributed by atoms with Gasteiger partial charge in [-0.15, -0.1) is 0 Å². The van der Waals surface area contributed by atoms with Crippen LogP contribution in [0.5, 0.6) is 5.75 Å². The summed E-state index contributed by atoms with van der Waals surface area (Å²) in [5.41, 5.74) is 6.68. The van der Waals surface area contributed by atoms with Gasteiger partial charge in [0.1, 0.15) is 5.75 Å². The molecular weight excluding hydrogens is 266 g/mol. The quantitative estimate of drug-likeness (QED) is 0.516. The molecule has 0 radical (unpaired) electrons. The molecule has 0 aromatic heterocycles. The number of ether oxygens (including phenoxy) is 2. The van der Waals surface area contributed by atoms with E-state index in [1.54, 1.807) is 0 Å². The zero-order valence-electron chi connectivity index (χ0n) is 11.5. The van der Waals surface area contributed by atoms with Crippen LogP contribution in [0.1, 0.15) is 6.42 Å². The van der Waals surface area contributed by atoms with Crippen molar-refractivity contribution in [3.05, 3.63) is 48.6 Å². The van der Waals surface area contributed by atoms with Crippen LogP contribution in [0, 0.1) is 5.92 Å². The van der Waals surface area contributed by atoms with Crippen molar-refractivity contribution in [3.63, 3.8) is 0 Å². The Kier molecular flexibility index (Phi) is 2.87. The third-order valence-corrected chi connectivity index (χ3v) is 4.28. The minimum atomic E-state index is -0.858. The number of anilines is 1. The summed E-state index contributed by atoms with van der Waals surface area (Å²) in [5.74, 6) is 0.642. The van der Waals surface area contributed by atoms with Gasteiger partial charge in [0.2, 0.25) is 6.29 Å². The van der Waals surface area contributed by atoms with Crippen LogP contribution < -0.4 is 10.5 Å². The lowest BCUT2D eigenvalue weighted by atomic mass is 9.94.